The van der Waals surface area contributed by atoms with Crippen molar-refractivity contribution in [1.82, 2.24) is 14.9 Å². The van der Waals surface area contributed by atoms with Crippen LogP contribution in [-0.4, -0.2) is 33.9 Å². The lowest BCUT2D eigenvalue weighted by atomic mass is 9.97. The highest BCUT2D eigenvalue weighted by Crippen LogP contribution is 2.31. The summed E-state index contributed by atoms with van der Waals surface area (Å²) in [6.45, 7) is 1.21. The molecule has 1 fully saturated rings. The van der Waals surface area contributed by atoms with Crippen molar-refractivity contribution < 1.29 is 13.6 Å². The van der Waals surface area contributed by atoms with E-state index in [0.29, 0.717) is 35.8 Å². The molecule has 27 heavy (non-hydrogen) atoms. The molecular weight excluding hydrogens is 365 g/mol. The number of amides is 1. The van der Waals surface area contributed by atoms with E-state index in [0.717, 1.165) is 22.9 Å². The fourth-order valence-corrected chi connectivity index (χ4v) is 4.52. The number of pyridine rings is 1. The first kappa shape index (κ1) is 16.4. The second-order valence-electron chi connectivity index (χ2n) is 6.75. The van der Waals surface area contributed by atoms with Crippen molar-refractivity contribution in [2.75, 3.05) is 13.1 Å². The summed E-state index contributed by atoms with van der Waals surface area (Å²) in [7, 11) is 0. The standard InChI is InChI=1S/C20H16FN3O2S/c21-14-3-4-15-16(10-14)26-19(23-15)13-2-1-8-24(11-13)20(25)17-18-12(5-7-22-17)6-9-27-18/h3-7,9-10,13H,1-2,8,11H2. The third-order valence-electron chi connectivity index (χ3n) is 5.00. The van der Waals surface area contributed by atoms with E-state index in [1.54, 1.807) is 12.3 Å². The Morgan fingerprint density at radius 2 is 2.22 bits per heavy atom. The first-order valence-electron chi connectivity index (χ1n) is 8.86. The van der Waals surface area contributed by atoms with Crippen molar-refractivity contribution in [1.29, 1.82) is 0 Å². The maximum absolute atomic E-state index is 13.4. The number of thiophene rings is 1. The Bertz CT molecular complexity index is 1150. The van der Waals surface area contributed by atoms with E-state index >= 15 is 0 Å². The van der Waals surface area contributed by atoms with E-state index in [1.165, 1.54) is 23.5 Å². The number of piperidine rings is 1. The minimum Gasteiger partial charge on any atom is -0.440 e. The van der Waals surface area contributed by atoms with Gasteiger partial charge in [0, 0.05) is 25.4 Å². The van der Waals surface area contributed by atoms with E-state index in [4.69, 9.17) is 4.42 Å². The van der Waals surface area contributed by atoms with Crippen LogP contribution in [0.3, 0.4) is 0 Å². The molecule has 3 aromatic heterocycles. The molecule has 0 spiro atoms. The molecule has 1 aliphatic heterocycles. The van der Waals surface area contributed by atoms with Crippen molar-refractivity contribution in [2.45, 2.75) is 18.8 Å². The van der Waals surface area contributed by atoms with Crippen molar-refractivity contribution in [3.05, 3.63) is 59.3 Å². The third-order valence-corrected chi connectivity index (χ3v) is 5.93. The zero-order chi connectivity index (χ0) is 18.4. The molecule has 1 atom stereocenters. The lowest BCUT2D eigenvalue weighted by molar-refractivity contribution is 0.0695. The molecular formula is C20H16FN3O2S. The molecule has 4 aromatic rings. The largest absolute Gasteiger partial charge is 0.440 e. The van der Waals surface area contributed by atoms with Gasteiger partial charge in [0.1, 0.15) is 17.0 Å². The van der Waals surface area contributed by atoms with Gasteiger partial charge in [-0.05, 0) is 47.9 Å². The lowest BCUT2D eigenvalue weighted by Crippen LogP contribution is -2.39. The van der Waals surface area contributed by atoms with Gasteiger partial charge in [-0.15, -0.1) is 11.3 Å². The molecule has 7 heteroatoms. The summed E-state index contributed by atoms with van der Waals surface area (Å²) in [5.74, 6) is 0.159. The van der Waals surface area contributed by atoms with Gasteiger partial charge in [-0.3, -0.25) is 4.79 Å². The number of hydrogen-bond donors (Lipinski definition) is 0. The fourth-order valence-electron chi connectivity index (χ4n) is 3.65. The van der Waals surface area contributed by atoms with E-state index in [9.17, 15) is 9.18 Å². The Hall–Kier alpha value is -2.80. The molecule has 5 rings (SSSR count). The van der Waals surface area contributed by atoms with Gasteiger partial charge in [0.25, 0.3) is 5.91 Å². The predicted octanol–water partition coefficient (Wildman–Crippen LogP) is 4.60. The Kier molecular flexibility index (Phi) is 3.89. The number of likely N-dealkylation sites (tertiary alicyclic amines) is 1. The molecule has 5 nitrogen and oxygen atoms in total. The third kappa shape index (κ3) is 2.88. The summed E-state index contributed by atoms with van der Waals surface area (Å²) < 4.78 is 20.1. The highest BCUT2D eigenvalue weighted by molar-refractivity contribution is 7.17. The fraction of sp³-hybridized carbons (Fsp3) is 0.250. The van der Waals surface area contributed by atoms with Crippen LogP contribution in [0.25, 0.3) is 21.2 Å². The molecule has 0 bridgehead atoms. The monoisotopic (exact) mass is 381 g/mol. The molecule has 0 saturated carbocycles. The van der Waals surface area contributed by atoms with E-state index < -0.39 is 0 Å². The number of oxazole rings is 1. The number of hydrogen-bond acceptors (Lipinski definition) is 5. The Morgan fingerprint density at radius 3 is 3.15 bits per heavy atom. The quantitative estimate of drug-likeness (QED) is 0.509. The van der Waals surface area contributed by atoms with Gasteiger partial charge in [0.2, 0.25) is 0 Å². The number of rotatable bonds is 2. The molecule has 0 aliphatic carbocycles. The van der Waals surface area contributed by atoms with Gasteiger partial charge >= 0.3 is 0 Å². The van der Waals surface area contributed by atoms with Crippen LogP contribution < -0.4 is 0 Å². The lowest BCUT2D eigenvalue weighted by Gasteiger charge is -2.31. The average Bonchev–Trinajstić information content (AvgIpc) is 3.33. The van der Waals surface area contributed by atoms with Crippen LogP contribution in [-0.2, 0) is 0 Å². The van der Waals surface area contributed by atoms with Crippen LogP contribution >= 0.6 is 11.3 Å². The SMILES string of the molecule is O=C(c1nccc2ccsc12)N1CCCC(c2nc3ccc(F)cc3o2)C1. The van der Waals surface area contributed by atoms with Crippen LogP contribution in [0.4, 0.5) is 4.39 Å². The summed E-state index contributed by atoms with van der Waals surface area (Å²) >= 11 is 1.53. The van der Waals surface area contributed by atoms with Gasteiger partial charge in [0.15, 0.2) is 11.5 Å². The Labute approximate surface area is 158 Å². The summed E-state index contributed by atoms with van der Waals surface area (Å²) in [5, 5.41) is 3.01. The van der Waals surface area contributed by atoms with Crippen LogP contribution in [0.15, 0.2) is 46.3 Å². The maximum atomic E-state index is 13.4. The second-order valence-corrected chi connectivity index (χ2v) is 7.67. The van der Waals surface area contributed by atoms with Gasteiger partial charge < -0.3 is 9.32 Å². The van der Waals surface area contributed by atoms with Gasteiger partial charge in [-0.1, -0.05) is 0 Å². The van der Waals surface area contributed by atoms with Gasteiger partial charge in [-0.2, -0.15) is 0 Å². The molecule has 4 heterocycles. The van der Waals surface area contributed by atoms with Crippen molar-refractivity contribution >= 4 is 38.4 Å². The number of fused-ring (bicyclic) bond motifs is 2. The zero-order valence-electron chi connectivity index (χ0n) is 14.4. The second kappa shape index (κ2) is 6.42. The first-order chi connectivity index (χ1) is 13.2. The highest BCUT2D eigenvalue weighted by Gasteiger charge is 2.30. The average molecular weight is 381 g/mol. The van der Waals surface area contributed by atoms with E-state index in [2.05, 4.69) is 9.97 Å². The Morgan fingerprint density at radius 1 is 1.30 bits per heavy atom. The minimum absolute atomic E-state index is 0.000648. The van der Waals surface area contributed by atoms with E-state index in [-0.39, 0.29) is 17.6 Å². The number of nitrogens with zero attached hydrogens (tertiary/aromatic N) is 3. The molecule has 1 aliphatic rings. The normalized spacial score (nSPS) is 17.7. The maximum Gasteiger partial charge on any atom is 0.273 e. The van der Waals surface area contributed by atoms with Gasteiger partial charge in [-0.25, -0.2) is 14.4 Å². The number of carbonyl (C=O) groups is 1. The number of benzene rings is 1. The molecule has 0 N–H and O–H groups in total. The molecule has 136 valence electrons. The number of aromatic nitrogens is 2. The topological polar surface area (TPSA) is 59.2 Å². The summed E-state index contributed by atoms with van der Waals surface area (Å²) in [5.41, 5.74) is 1.58. The minimum atomic E-state index is -0.347. The van der Waals surface area contributed by atoms with Crippen LogP contribution in [0.5, 0.6) is 0 Å². The number of halogens is 1. The van der Waals surface area contributed by atoms with E-state index in [1.807, 2.05) is 22.4 Å². The first-order valence-corrected chi connectivity index (χ1v) is 9.74. The predicted molar refractivity (Wildman–Crippen MR) is 101 cm³/mol. The van der Waals surface area contributed by atoms with Crippen LogP contribution in [0, 0.1) is 5.82 Å². The van der Waals surface area contributed by atoms with Gasteiger partial charge in [0.05, 0.1) is 10.6 Å². The van der Waals surface area contributed by atoms with Crippen LogP contribution in [0.2, 0.25) is 0 Å². The highest BCUT2D eigenvalue weighted by atomic mass is 32.1. The molecule has 0 radical (unpaired) electrons. The molecule has 1 aromatic carbocycles. The number of carbonyl (C=O) groups excluding carboxylic acids is 1. The molecule has 1 amide bonds. The Balaban J connectivity index is 1.43. The molecule has 1 saturated heterocycles. The summed E-state index contributed by atoms with van der Waals surface area (Å²) in [6.07, 6.45) is 3.43. The summed E-state index contributed by atoms with van der Waals surface area (Å²) in [6, 6.07) is 8.25. The smallest absolute Gasteiger partial charge is 0.273 e. The molecule has 1 unspecified atom stereocenters. The van der Waals surface area contributed by atoms with Crippen molar-refractivity contribution in [3.8, 4) is 0 Å². The zero-order valence-corrected chi connectivity index (χ0v) is 15.2. The summed E-state index contributed by atoms with van der Waals surface area (Å²) in [4.78, 5) is 23.7. The van der Waals surface area contributed by atoms with Crippen molar-refractivity contribution in [3.63, 3.8) is 0 Å². The van der Waals surface area contributed by atoms with Crippen molar-refractivity contribution in [2.24, 2.45) is 0 Å². The van der Waals surface area contributed by atoms with Crippen LogP contribution in [0.1, 0.15) is 35.1 Å².